The molecule has 5 nitrogen and oxygen atoms in total. The third-order valence-corrected chi connectivity index (χ3v) is 3.83. The molecule has 0 spiro atoms. The lowest BCUT2D eigenvalue weighted by molar-refractivity contribution is -0.144. The van der Waals surface area contributed by atoms with Gasteiger partial charge in [-0.15, -0.1) is 0 Å². The predicted molar refractivity (Wildman–Crippen MR) is 66.4 cm³/mol. The van der Waals surface area contributed by atoms with Crippen LogP contribution in [0.25, 0.3) is 0 Å². The van der Waals surface area contributed by atoms with Crippen LogP contribution in [0.2, 0.25) is 0 Å². The fraction of sp³-hybridized carbons (Fsp3) is 0.923. The Hall–Kier alpha value is -0.650. The summed E-state index contributed by atoms with van der Waals surface area (Å²) in [7, 11) is 3.30. The molecule has 18 heavy (non-hydrogen) atoms. The number of carbonyl (C=O) groups is 1. The van der Waals surface area contributed by atoms with E-state index in [1.807, 2.05) is 4.90 Å². The first kappa shape index (κ1) is 13.8. The summed E-state index contributed by atoms with van der Waals surface area (Å²) in [6.45, 7) is 1.75. The van der Waals surface area contributed by atoms with Crippen LogP contribution in [0.1, 0.15) is 25.7 Å². The second-order valence-corrected chi connectivity index (χ2v) is 5.10. The summed E-state index contributed by atoms with van der Waals surface area (Å²) in [6, 6.07) is 0. The molecule has 2 aliphatic rings. The lowest BCUT2D eigenvalue weighted by atomic mass is 9.91. The molecule has 1 aliphatic heterocycles. The molecule has 0 N–H and O–H groups in total. The summed E-state index contributed by atoms with van der Waals surface area (Å²) >= 11 is 0. The molecule has 0 atom stereocenters. The van der Waals surface area contributed by atoms with Gasteiger partial charge in [0.2, 0.25) is 5.91 Å². The highest BCUT2D eigenvalue weighted by molar-refractivity contribution is 5.77. The Morgan fingerprint density at radius 1 is 1.11 bits per heavy atom. The van der Waals surface area contributed by atoms with Gasteiger partial charge in [0.05, 0.1) is 18.3 Å². The van der Waals surface area contributed by atoms with Gasteiger partial charge in [-0.3, -0.25) is 4.79 Å². The number of rotatable bonds is 5. The zero-order valence-electron chi connectivity index (χ0n) is 11.3. The van der Waals surface area contributed by atoms with Gasteiger partial charge in [0.15, 0.2) is 0 Å². The van der Waals surface area contributed by atoms with Crippen LogP contribution >= 0.6 is 0 Å². The standard InChI is InChI=1S/C13H23NO4/c1-16-9-13(15)14-5-3-10(4-6-14)18-12-7-11(8-12)17-2/h10-12H,3-9H2,1-2H3. The lowest BCUT2D eigenvalue weighted by Gasteiger charge is -2.39. The van der Waals surface area contributed by atoms with E-state index in [0.29, 0.717) is 18.3 Å². The maximum atomic E-state index is 11.6. The van der Waals surface area contributed by atoms with Gasteiger partial charge in [0, 0.05) is 27.3 Å². The van der Waals surface area contributed by atoms with Gasteiger partial charge in [0.25, 0.3) is 0 Å². The molecule has 0 aromatic rings. The molecule has 0 bridgehead atoms. The first-order chi connectivity index (χ1) is 8.72. The maximum Gasteiger partial charge on any atom is 0.248 e. The highest BCUT2D eigenvalue weighted by Crippen LogP contribution is 2.28. The number of amides is 1. The summed E-state index contributed by atoms with van der Waals surface area (Å²) < 4.78 is 16.1. The van der Waals surface area contributed by atoms with E-state index in [-0.39, 0.29) is 12.5 Å². The SMILES string of the molecule is COCC(=O)N1CCC(OC2CC(OC)C2)CC1. The highest BCUT2D eigenvalue weighted by atomic mass is 16.5. The lowest BCUT2D eigenvalue weighted by Crippen LogP contribution is -2.45. The van der Waals surface area contributed by atoms with Crippen molar-refractivity contribution in [2.24, 2.45) is 0 Å². The zero-order chi connectivity index (χ0) is 13.0. The molecule has 2 rings (SSSR count). The molecule has 1 amide bonds. The van der Waals surface area contributed by atoms with Crippen molar-refractivity contribution < 1.29 is 19.0 Å². The number of hydrogen-bond acceptors (Lipinski definition) is 4. The maximum absolute atomic E-state index is 11.6. The van der Waals surface area contributed by atoms with Crippen molar-refractivity contribution in [1.29, 1.82) is 0 Å². The Balaban J connectivity index is 1.63. The molecule has 0 unspecified atom stereocenters. The summed E-state index contributed by atoms with van der Waals surface area (Å²) in [5.41, 5.74) is 0. The molecule has 0 aromatic heterocycles. The minimum absolute atomic E-state index is 0.0824. The molecule has 1 saturated carbocycles. The fourth-order valence-electron chi connectivity index (χ4n) is 2.55. The number of hydrogen-bond donors (Lipinski definition) is 0. The van der Waals surface area contributed by atoms with Crippen LogP contribution < -0.4 is 0 Å². The molecule has 1 aliphatic carbocycles. The second kappa shape index (κ2) is 6.50. The van der Waals surface area contributed by atoms with Gasteiger partial charge in [-0.2, -0.15) is 0 Å². The molecule has 2 fully saturated rings. The third-order valence-electron chi connectivity index (χ3n) is 3.83. The van der Waals surface area contributed by atoms with Gasteiger partial charge >= 0.3 is 0 Å². The normalized spacial score (nSPS) is 29.1. The molecule has 0 radical (unpaired) electrons. The molecule has 5 heteroatoms. The monoisotopic (exact) mass is 257 g/mol. The molecule has 1 heterocycles. The van der Waals surface area contributed by atoms with Gasteiger partial charge < -0.3 is 19.1 Å². The van der Waals surface area contributed by atoms with E-state index in [4.69, 9.17) is 14.2 Å². The Labute approximate surface area is 108 Å². The van der Waals surface area contributed by atoms with Crippen LogP contribution in [0, 0.1) is 0 Å². The van der Waals surface area contributed by atoms with Crippen LogP contribution in [0.15, 0.2) is 0 Å². The average molecular weight is 257 g/mol. The Morgan fingerprint density at radius 2 is 1.78 bits per heavy atom. The second-order valence-electron chi connectivity index (χ2n) is 5.10. The van der Waals surface area contributed by atoms with E-state index in [0.717, 1.165) is 38.8 Å². The molecular weight excluding hydrogens is 234 g/mol. The molecule has 0 aromatic carbocycles. The van der Waals surface area contributed by atoms with Crippen LogP contribution in [0.3, 0.4) is 0 Å². The first-order valence-corrected chi connectivity index (χ1v) is 6.68. The van der Waals surface area contributed by atoms with Crippen molar-refractivity contribution >= 4 is 5.91 Å². The van der Waals surface area contributed by atoms with E-state index in [1.165, 1.54) is 0 Å². The van der Waals surface area contributed by atoms with Crippen LogP contribution in [-0.2, 0) is 19.0 Å². The third kappa shape index (κ3) is 3.43. The van der Waals surface area contributed by atoms with Crippen molar-refractivity contribution in [3.8, 4) is 0 Å². The Morgan fingerprint density at radius 3 is 2.33 bits per heavy atom. The fourth-order valence-corrected chi connectivity index (χ4v) is 2.55. The number of methoxy groups -OCH3 is 2. The average Bonchev–Trinajstić information content (AvgIpc) is 2.34. The number of ether oxygens (including phenoxy) is 3. The Bertz CT molecular complexity index is 270. The van der Waals surface area contributed by atoms with E-state index < -0.39 is 0 Å². The minimum Gasteiger partial charge on any atom is -0.381 e. The van der Waals surface area contributed by atoms with Crippen molar-refractivity contribution in [1.82, 2.24) is 4.90 Å². The summed E-state index contributed by atoms with van der Waals surface area (Å²) in [4.78, 5) is 13.5. The largest absolute Gasteiger partial charge is 0.381 e. The zero-order valence-corrected chi connectivity index (χ0v) is 11.3. The van der Waals surface area contributed by atoms with Gasteiger partial charge in [0.1, 0.15) is 6.61 Å². The number of piperidine rings is 1. The Kier molecular flexibility index (Phi) is 4.97. The van der Waals surface area contributed by atoms with Crippen molar-refractivity contribution in [2.75, 3.05) is 33.9 Å². The first-order valence-electron chi connectivity index (χ1n) is 6.68. The van der Waals surface area contributed by atoms with Crippen LogP contribution in [0.5, 0.6) is 0 Å². The number of nitrogens with zero attached hydrogens (tertiary/aromatic N) is 1. The van der Waals surface area contributed by atoms with Crippen molar-refractivity contribution in [3.63, 3.8) is 0 Å². The van der Waals surface area contributed by atoms with Crippen molar-refractivity contribution in [2.45, 2.75) is 44.0 Å². The number of likely N-dealkylation sites (tertiary alicyclic amines) is 1. The topological polar surface area (TPSA) is 48.0 Å². The van der Waals surface area contributed by atoms with Gasteiger partial charge in [-0.25, -0.2) is 0 Å². The van der Waals surface area contributed by atoms with Gasteiger partial charge in [-0.1, -0.05) is 0 Å². The minimum atomic E-state index is 0.0824. The van der Waals surface area contributed by atoms with Crippen molar-refractivity contribution in [3.05, 3.63) is 0 Å². The van der Waals surface area contributed by atoms with E-state index >= 15 is 0 Å². The molecule has 104 valence electrons. The predicted octanol–water partition coefficient (Wildman–Crippen LogP) is 0.818. The van der Waals surface area contributed by atoms with E-state index in [1.54, 1.807) is 14.2 Å². The van der Waals surface area contributed by atoms with E-state index in [9.17, 15) is 4.79 Å². The molecular formula is C13H23NO4. The van der Waals surface area contributed by atoms with E-state index in [2.05, 4.69) is 0 Å². The number of carbonyl (C=O) groups excluding carboxylic acids is 1. The quantitative estimate of drug-likeness (QED) is 0.731. The summed E-state index contributed by atoms with van der Waals surface area (Å²) in [5.74, 6) is 0.0824. The van der Waals surface area contributed by atoms with Gasteiger partial charge in [-0.05, 0) is 25.7 Å². The highest BCUT2D eigenvalue weighted by Gasteiger charge is 2.33. The summed E-state index contributed by atoms with van der Waals surface area (Å²) in [6.07, 6.45) is 4.95. The van der Waals surface area contributed by atoms with Crippen LogP contribution in [0.4, 0.5) is 0 Å². The molecule has 1 saturated heterocycles. The summed E-state index contributed by atoms with van der Waals surface area (Å²) in [5, 5.41) is 0. The smallest absolute Gasteiger partial charge is 0.248 e. The van der Waals surface area contributed by atoms with Crippen LogP contribution in [-0.4, -0.2) is 63.0 Å².